The minimum absolute atomic E-state index is 0.0221. The normalized spacial score (nSPS) is 13.7. The highest BCUT2D eigenvalue weighted by Gasteiger charge is 2.46. The maximum absolute atomic E-state index is 7.27. The van der Waals surface area contributed by atoms with E-state index in [2.05, 4.69) is 203 Å². The number of nitrogens with zero attached hydrogens (tertiary/aromatic N) is 2. The predicted molar refractivity (Wildman–Crippen MR) is 263 cm³/mol. The monoisotopic (exact) mass is 802 g/mol. The molecule has 13 rings (SSSR count). The molecule has 5 heteroatoms. The third-order valence-corrected chi connectivity index (χ3v) is 14.8. The van der Waals surface area contributed by atoms with Gasteiger partial charge in [0.2, 0.25) is 0 Å². The zero-order chi connectivity index (χ0) is 41.1. The van der Waals surface area contributed by atoms with Crippen LogP contribution in [0, 0.1) is 0 Å². The molecule has 0 amide bonds. The van der Waals surface area contributed by atoms with Gasteiger partial charge in [0.15, 0.2) is 0 Å². The van der Waals surface area contributed by atoms with Crippen molar-refractivity contribution in [2.75, 3.05) is 4.81 Å². The number of hydrogen-bond acceptors (Lipinski definition) is 3. The topological polar surface area (TPSA) is 21.3 Å². The molecule has 0 saturated carbocycles. The molecule has 2 aliphatic rings. The third kappa shape index (κ3) is 4.81. The number of furan rings is 1. The molecule has 61 heavy (non-hydrogen) atoms. The fourth-order valence-corrected chi connectivity index (χ4v) is 11.8. The van der Waals surface area contributed by atoms with Gasteiger partial charge in [-0.1, -0.05) is 139 Å². The number of para-hydroxylation sites is 1. The summed E-state index contributed by atoms with van der Waals surface area (Å²) in [5.41, 5.74) is 18.0. The van der Waals surface area contributed by atoms with E-state index >= 15 is 0 Å². The number of benzene rings is 8. The highest BCUT2D eigenvalue weighted by Crippen LogP contribution is 2.53. The third-order valence-electron chi connectivity index (χ3n) is 13.6. The second-order valence-corrected chi connectivity index (χ2v) is 20.4. The van der Waals surface area contributed by atoms with Gasteiger partial charge in [-0.05, 0) is 98.6 Å². The molecule has 5 heterocycles. The van der Waals surface area contributed by atoms with E-state index in [1.807, 2.05) is 11.3 Å². The van der Waals surface area contributed by atoms with Crippen LogP contribution in [-0.4, -0.2) is 11.4 Å². The van der Waals surface area contributed by atoms with E-state index in [0.717, 1.165) is 16.6 Å². The first kappa shape index (κ1) is 35.2. The predicted octanol–water partition coefficient (Wildman–Crippen LogP) is 14.6. The summed E-state index contributed by atoms with van der Waals surface area (Å²) in [5, 5.41) is 7.50. The van der Waals surface area contributed by atoms with E-state index < -0.39 is 0 Å². The van der Waals surface area contributed by atoms with E-state index in [1.54, 1.807) is 0 Å². The summed E-state index contributed by atoms with van der Waals surface area (Å²) >= 11 is 1.88. The fourth-order valence-electron chi connectivity index (χ4n) is 10.7. The summed E-state index contributed by atoms with van der Waals surface area (Å²) in [7, 11) is 0. The van der Waals surface area contributed by atoms with Gasteiger partial charge in [-0.2, -0.15) is 0 Å². The minimum atomic E-state index is -0.146. The Labute approximate surface area is 359 Å². The number of thiophene rings is 1. The Bertz CT molecular complexity index is 3690. The lowest BCUT2D eigenvalue weighted by atomic mass is 9.43. The standard InChI is InChI=1S/C56H43BN2OS/c1-55(2,3)34-23-25-43-40(28-34)49-50-38-20-10-12-21-46(38)60-54(50)51-41-31-48-39(37-19-11-13-22-47(37)61-48)30-45(41)59(36-18-14-17-33(27-36)32-15-8-7-9-16-32)57-42-29-35(56(4,5)6)24-26-44(42)58(43)53(49)52(51)57/h7-31H,1-6H3. The Kier molecular flexibility index (Phi) is 6.96. The number of rotatable bonds is 2. The van der Waals surface area contributed by atoms with E-state index in [4.69, 9.17) is 4.42 Å². The van der Waals surface area contributed by atoms with Gasteiger partial charge < -0.3 is 13.8 Å². The van der Waals surface area contributed by atoms with Crippen LogP contribution in [-0.2, 0) is 10.8 Å². The molecule has 0 radical (unpaired) electrons. The van der Waals surface area contributed by atoms with Crippen LogP contribution in [0.1, 0.15) is 52.7 Å². The number of hydrogen-bond donors (Lipinski definition) is 0. The molecule has 0 aliphatic carbocycles. The average Bonchev–Trinajstić information content (AvgIpc) is 3.94. The molecule has 11 aromatic rings. The van der Waals surface area contributed by atoms with Crippen molar-refractivity contribution in [1.29, 1.82) is 0 Å². The minimum Gasteiger partial charge on any atom is -0.455 e. The Hall–Kier alpha value is -6.56. The van der Waals surface area contributed by atoms with Crippen LogP contribution >= 0.6 is 11.3 Å². The second-order valence-electron chi connectivity index (χ2n) is 19.3. The van der Waals surface area contributed by atoms with Crippen LogP contribution in [0.3, 0.4) is 0 Å². The molecule has 0 unspecified atom stereocenters. The van der Waals surface area contributed by atoms with Gasteiger partial charge >= 0.3 is 6.85 Å². The van der Waals surface area contributed by atoms with Crippen LogP contribution in [0.15, 0.2) is 156 Å². The maximum atomic E-state index is 7.27. The average molecular weight is 803 g/mol. The lowest BCUT2D eigenvalue weighted by Gasteiger charge is -2.42. The molecule has 0 saturated heterocycles. The van der Waals surface area contributed by atoms with Crippen LogP contribution in [0.2, 0.25) is 0 Å². The molecule has 8 aromatic carbocycles. The SMILES string of the molecule is CC(C)(C)c1ccc2c(c1)B1c3c(c4oc5ccccc5c4c4c5cc(C(C)(C)C)ccc5n-2c34)-c2cc3sc4ccccc4c3cc2N1c1cccc(-c2ccccc2)c1. The van der Waals surface area contributed by atoms with Gasteiger partial charge in [0, 0.05) is 69.9 Å². The molecule has 0 N–H and O–H groups in total. The van der Waals surface area contributed by atoms with Crippen molar-refractivity contribution in [3.05, 3.63) is 163 Å². The number of anilines is 2. The van der Waals surface area contributed by atoms with Crippen molar-refractivity contribution in [2.24, 2.45) is 0 Å². The van der Waals surface area contributed by atoms with E-state index in [0.29, 0.717) is 0 Å². The Balaban J connectivity index is 1.28. The van der Waals surface area contributed by atoms with E-state index in [-0.39, 0.29) is 17.7 Å². The first-order valence-corrected chi connectivity index (χ1v) is 22.4. The van der Waals surface area contributed by atoms with Gasteiger partial charge in [-0.25, -0.2) is 0 Å². The molecule has 2 aliphatic heterocycles. The summed E-state index contributed by atoms with van der Waals surface area (Å²) < 4.78 is 12.5. The molecule has 0 atom stereocenters. The fraction of sp³-hybridized carbons (Fsp3) is 0.143. The van der Waals surface area contributed by atoms with E-state index in [9.17, 15) is 0 Å². The Morgan fingerprint density at radius 3 is 2.08 bits per heavy atom. The molecule has 3 nitrogen and oxygen atoms in total. The molecular formula is C56H43BN2OS. The lowest BCUT2D eigenvalue weighted by molar-refractivity contribution is 0.590. The van der Waals surface area contributed by atoms with Crippen molar-refractivity contribution >= 4 is 104 Å². The molecule has 0 spiro atoms. The first-order chi connectivity index (χ1) is 29.5. The Morgan fingerprint density at radius 1 is 0.541 bits per heavy atom. The molecular weight excluding hydrogens is 760 g/mol. The first-order valence-electron chi connectivity index (χ1n) is 21.5. The van der Waals surface area contributed by atoms with Crippen LogP contribution in [0.25, 0.3) is 91.9 Å². The molecule has 0 bridgehead atoms. The van der Waals surface area contributed by atoms with Crippen LogP contribution in [0.4, 0.5) is 11.4 Å². The summed E-state index contributed by atoms with van der Waals surface area (Å²) in [6.07, 6.45) is 0. The Morgan fingerprint density at radius 2 is 1.26 bits per heavy atom. The smallest absolute Gasteiger partial charge is 0.333 e. The summed E-state index contributed by atoms with van der Waals surface area (Å²) in [4.78, 5) is 2.68. The van der Waals surface area contributed by atoms with Crippen LogP contribution in [0.5, 0.6) is 0 Å². The lowest BCUT2D eigenvalue weighted by Crippen LogP contribution is -2.60. The summed E-state index contributed by atoms with van der Waals surface area (Å²) in [6.45, 7) is 13.8. The molecule has 3 aromatic heterocycles. The quantitative estimate of drug-likeness (QED) is 0.162. The van der Waals surface area contributed by atoms with Gasteiger partial charge in [0.25, 0.3) is 0 Å². The maximum Gasteiger partial charge on any atom is 0.333 e. The van der Waals surface area contributed by atoms with Crippen molar-refractivity contribution in [3.63, 3.8) is 0 Å². The van der Waals surface area contributed by atoms with Crippen molar-refractivity contribution in [3.8, 4) is 27.9 Å². The van der Waals surface area contributed by atoms with Gasteiger partial charge in [0.1, 0.15) is 11.2 Å². The van der Waals surface area contributed by atoms with Gasteiger partial charge in [-0.15, -0.1) is 11.3 Å². The van der Waals surface area contributed by atoms with Crippen molar-refractivity contribution < 1.29 is 4.42 Å². The largest absolute Gasteiger partial charge is 0.455 e. The zero-order valence-electron chi connectivity index (χ0n) is 35.2. The van der Waals surface area contributed by atoms with Crippen molar-refractivity contribution in [2.45, 2.75) is 52.4 Å². The van der Waals surface area contributed by atoms with Gasteiger partial charge in [-0.3, -0.25) is 0 Å². The van der Waals surface area contributed by atoms with Crippen molar-refractivity contribution in [1.82, 2.24) is 4.57 Å². The zero-order valence-corrected chi connectivity index (χ0v) is 36.0. The molecule has 0 fully saturated rings. The number of aromatic nitrogens is 1. The highest BCUT2D eigenvalue weighted by molar-refractivity contribution is 7.25. The van der Waals surface area contributed by atoms with Crippen LogP contribution < -0.4 is 15.7 Å². The van der Waals surface area contributed by atoms with E-state index in [1.165, 1.54) is 109 Å². The van der Waals surface area contributed by atoms with Gasteiger partial charge in [0.05, 0.1) is 11.0 Å². The number of fused-ring (bicyclic) bond motifs is 16. The highest BCUT2D eigenvalue weighted by atomic mass is 32.1. The molecule has 292 valence electrons. The summed E-state index contributed by atoms with van der Waals surface area (Å²) in [6, 6.07) is 57.1. The second kappa shape index (κ2) is 12.1. The summed E-state index contributed by atoms with van der Waals surface area (Å²) in [5.74, 6) is 0.